The van der Waals surface area contributed by atoms with Crippen molar-refractivity contribution in [3.05, 3.63) is 63.2 Å². The highest BCUT2D eigenvalue weighted by atomic mass is 35.5. The van der Waals surface area contributed by atoms with Crippen LogP contribution in [0.25, 0.3) is 16.9 Å². The SMILES string of the molecule is COc1c(C(=O)N(C)N2CCCCC2)nn(-c2ccc(Cl)cc2Cl)c1-c1ccc(Cl)cc1. The number of benzene rings is 2. The summed E-state index contributed by atoms with van der Waals surface area (Å²) in [5.74, 6) is 0.120. The monoisotopic (exact) mass is 492 g/mol. The van der Waals surface area contributed by atoms with E-state index in [1.165, 1.54) is 13.5 Å². The number of methoxy groups -OCH3 is 1. The van der Waals surface area contributed by atoms with E-state index in [0.29, 0.717) is 32.2 Å². The van der Waals surface area contributed by atoms with Crippen molar-refractivity contribution in [2.24, 2.45) is 0 Å². The van der Waals surface area contributed by atoms with Crippen molar-refractivity contribution in [1.82, 2.24) is 19.8 Å². The van der Waals surface area contributed by atoms with Crippen LogP contribution >= 0.6 is 34.8 Å². The van der Waals surface area contributed by atoms with Gasteiger partial charge in [0.25, 0.3) is 5.91 Å². The van der Waals surface area contributed by atoms with Gasteiger partial charge in [0.1, 0.15) is 5.69 Å². The lowest BCUT2D eigenvalue weighted by Gasteiger charge is -2.34. The van der Waals surface area contributed by atoms with Gasteiger partial charge in [0.2, 0.25) is 0 Å². The molecule has 0 spiro atoms. The van der Waals surface area contributed by atoms with Crippen molar-refractivity contribution in [2.75, 3.05) is 27.2 Å². The highest BCUT2D eigenvalue weighted by Gasteiger charge is 2.31. The van der Waals surface area contributed by atoms with Crippen LogP contribution in [0, 0.1) is 0 Å². The van der Waals surface area contributed by atoms with E-state index in [1.54, 1.807) is 47.1 Å². The first-order chi connectivity index (χ1) is 15.4. The number of halogens is 3. The maximum atomic E-state index is 13.5. The maximum Gasteiger partial charge on any atom is 0.292 e. The molecule has 9 heteroatoms. The molecule has 1 fully saturated rings. The van der Waals surface area contributed by atoms with Gasteiger partial charge in [0.15, 0.2) is 11.4 Å². The molecule has 0 unspecified atom stereocenters. The van der Waals surface area contributed by atoms with Crippen LogP contribution in [0.1, 0.15) is 29.8 Å². The molecule has 1 aromatic heterocycles. The number of hydrogen-bond donors (Lipinski definition) is 0. The van der Waals surface area contributed by atoms with Crippen LogP contribution in [-0.2, 0) is 0 Å². The molecule has 1 amide bonds. The number of ether oxygens (including phenoxy) is 1. The molecule has 0 bridgehead atoms. The Morgan fingerprint density at radius 2 is 1.66 bits per heavy atom. The zero-order valence-corrected chi connectivity index (χ0v) is 20.1. The van der Waals surface area contributed by atoms with Crippen LogP contribution in [0.3, 0.4) is 0 Å². The number of aromatic nitrogens is 2. The van der Waals surface area contributed by atoms with Gasteiger partial charge in [-0.3, -0.25) is 9.80 Å². The van der Waals surface area contributed by atoms with Gasteiger partial charge in [-0.15, -0.1) is 0 Å². The molecule has 0 N–H and O–H groups in total. The Kier molecular flexibility index (Phi) is 6.96. The van der Waals surface area contributed by atoms with Crippen LogP contribution in [0.2, 0.25) is 15.1 Å². The van der Waals surface area contributed by atoms with Gasteiger partial charge in [-0.2, -0.15) is 5.10 Å². The molecule has 0 atom stereocenters. The van der Waals surface area contributed by atoms with Crippen LogP contribution in [0.15, 0.2) is 42.5 Å². The normalized spacial score (nSPS) is 14.4. The first-order valence-electron chi connectivity index (χ1n) is 10.3. The molecule has 0 aliphatic carbocycles. The van der Waals surface area contributed by atoms with E-state index in [-0.39, 0.29) is 11.6 Å². The van der Waals surface area contributed by atoms with E-state index in [0.717, 1.165) is 31.5 Å². The minimum atomic E-state index is -0.247. The second-order valence-corrected chi connectivity index (χ2v) is 8.87. The molecule has 4 rings (SSSR count). The average Bonchev–Trinajstić information content (AvgIpc) is 3.18. The molecule has 6 nitrogen and oxygen atoms in total. The molecular formula is C23H23Cl3N4O2. The number of carbonyl (C=O) groups excluding carboxylic acids is 1. The molecule has 1 aliphatic heterocycles. The summed E-state index contributed by atoms with van der Waals surface area (Å²) in [5.41, 5.74) is 2.17. The molecule has 3 aromatic rings. The van der Waals surface area contributed by atoms with E-state index < -0.39 is 0 Å². The van der Waals surface area contributed by atoms with Crippen molar-refractivity contribution >= 4 is 40.7 Å². The third-order valence-corrected chi connectivity index (χ3v) is 6.34. The first-order valence-corrected chi connectivity index (χ1v) is 11.5. The average molecular weight is 494 g/mol. The Morgan fingerprint density at radius 1 is 1.00 bits per heavy atom. The highest BCUT2D eigenvalue weighted by Crippen LogP contribution is 2.38. The Bertz CT molecular complexity index is 1130. The third kappa shape index (κ3) is 4.46. The van der Waals surface area contributed by atoms with E-state index >= 15 is 0 Å². The minimum Gasteiger partial charge on any atom is -0.492 e. The van der Waals surface area contributed by atoms with Gasteiger partial charge in [0.05, 0.1) is 17.8 Å². The molecule has 0 radical (unpaired) electrons. The molecule has 1 saturated heterocycles. The Morgan fingerprint density at radius 3 is 2.28 bits per heavy atom. The largest absolute Gasteiger partial charge is 0.492 e. The number of hydrazine groups is 1. The summed E-state index contributed by atoms with van der Waals surface area (Å²) >= 11 is 18.7. The molecule has 1 aliphatic rings. The summed E-state index contributed by atoms with van der Waals surface area (Å²) in [6.45, 7) is 1.66. The number of hydrogen-bond acceptors (Lipinski definition) is 4. The summed E-state index contributed by atoms with van der Waals surface area (Å²) in [6.07, 6.45) is 3.28. The van der Waals surface area contributed by atoms with Crippen molar-refractivity contribution in [3.8, 4) is 22.7 Å². The smallest absolute Gasteiger partial charge is 0.292 e. The van der Waals surface area contributed by atoms with Crippen LogP contribution in [-0.4, -0.2) is 53.0 Å². The van der Waals surface area contributed by atoms with Crippen molar-refractivity contribution in [2.45, 2.75) is 19.3 Å². The highest BCUT2D eigenvalue weighted by molar-refractivity contribution is 6.35. The first kappa shape index (κ1) is 22.9. The summed E-state index contributed by atoms with van der Waals surface area (Å²) in [7, 11) is 3.30. The third-order valence-electron chi connectivity index (χ3n) is 5.55. The molecular weight excluding hydrogens is 471 g/mol. The fourth-order valence-corrected chi connectivity index (χ4v) is 4.50. The van der Waals surface area contributed by atoms with Gasteiger partial charge in [-0.25, -0.2) is 9.69 Å². The molecule has 2 aromatic carbocycles. The fraction of sp³-hybridized carbons (Fsp3) is 0.304. The number of rotatable bonds is 5. The van der Waals surface area contributed by atoms with Gasteiger partial charge < -0.3 is 4.74 Å². The number of piperidine rings is 1. The number of amides is 1. The lowest BCUT2D eigenvalue weighted by molar-refractivity contribution is -0.00568. The number of nitrogens with zero attached hydrogens (tertiary/aromatic N) is 4. The van der Waals surface area contributed by atoms with Crippen molar-refractivity contribution in [3.63, 3.8) is 0 Å². The quantitative estimate of drug-likeness (QED) is 0.439. The van der Waals surface area contributed by atoms with Gasteiger partial charge in [-0.05, 0) is 43.2 Å². The van der Waals surface area contributed by atoms with E-state index in [1.807, 2.05) is 17.1 Å². The Hall–Kier alpha value is -2.25. The molecule has 32 heavy (non-hydrogen) atoms. The van der Waals surface area contributed by atoms with E-state index in [4.69, 9.17) is 39.5 Å². The number of carbonyl (C=O) groups is 1. The predicted octanol–water partition coefficient (Wildman–Crippen LogP) is 5.98. The van der Waals surface area contributed by atoms with Gasteiger partial charge in [-0.1, -0.05) is 53.4 Å². The molecule has 0 saturated carbocycles. The Balaban J connectivity index is 1.87. The summed E-state index contributed by atoms with van der Waals surface area (Å²) in [5, 5.41) is 9.85. The summed E-state index contributed by atoms with van der Waals surface area (Å²) in [4.78, 5) is 13.5. The second-order valence-electron chi connectivity index (χ2n) is 7.59. The minimum absolute atomic E-state index is 0.205. The van der Waals surface area contributed by atoms with Crippen LogP contribution < -0.4 is 4.74 Å². The standard InChI is InChI=1S/C23H23Cl3N4O2/c1-28(29-12-4-3-5-13-29)23(31)20-22(32-2)21(15-6-8-16(24)9-7-15)30(27-20)19-11-10-17(25)14-18(19)26/h6-11,14H,3-5,12-13H2,1-2H3. The topological polar surface area (TPSA) is 50.6 Å². The molecule has 168 valence electrons. The lowest BCUT2D eigenvalue weighted by atomic mass is 10.1. The van der Waals surface area contributed by atoms with Crippen LogP contribution in [0.4, 0.5) is 0 Å². The fourth-order valence-electron chi connectivity index (χ4n) is 3.88. The van der Waals surface area contributed by atoms with Crippen molar-refractivity contribution in [1.29, 1.82) is 0 Å². The van der Waals surface area contributed by atoms with Crippen molar-refractivity contribution < 1.29 is 9.53 Å². The lowest BCUT2D eigenvalue weighted by Crippen LogP contribution is -2.46. The van der Waals surface area contributed by atoms with Gasteiger partial charge in [0, 0.05) is 35.7 Å². The zero-order chi connectivity index (χ0) is 22.8. The van der Waals surface area contributed by atoms with Gasteiger partial charge >= 0.3 is 0 Å². The van der Waals surface area contributed by atoms with E-state index in [2.05, 4.69) is 5.10 Å². The predicted molar refractivity (Wildman–Crippen MR) is 128 cm³/mol. The maximum absolute atomic E-state index is 13.5. The summed E-state index contributed by atoms with van der Waals surface area (Å²) < 4.78 is 7.36. The summed E-state index contributed by atoms with van der Waals surface area (Å²) in [6, 6.07) is 12.4. The molecule has 2 heterocycles. The second kappa shape index (κ2) is 9.71. The zero-order valence-electron chi connectivity index (χ0n) is 17.8. The Labute approximate surface area is 202 Å². The van der Waals surface area contributed by atoms with Crippen LogP contribution in [0.5, 0.6) is 5.75 Å². The van der Waals surface area contributed by atoms with E-state index in [9.17, 15) is 4.79 Å².